The first-order valence-corrected chi connectivity index (χ1v) is 16.1. The average Bonchev–Trinajstić information content (AvgIpc) is 3.16. The van der Waals surface area contributed by atoms with Gasteiger partial charge in [-0.25, -0.2) is 4.99 Å². The lowest BCUT2D eigenvalue weighted by Gasteiger charge is -2.33. The SMILES string of the molecule is C/C=C\C(=C/C)C(=O)N1C[C@H](O)CN(CC)CC1CC(C)CC.C=CSNC1=NCCC=N1.Cc1cccc(C)c1C. The quantitative estimate of drug-likeness (QED) is 0.199. The van der Waals surface area contributed by atoms with Crippen molar-refractivity contribution in [3.8, 4) is 0 Å². The molecule has 8 heteroatoms. The number of hydrogen-bond acceptors (Lipinski definition) is 7. The molecule has 3 rings (SSSR count). The van der Waals surface area contributed by atoms with E-state index in [4.69, 9.17) is 0 Å². The summed E-state index contributed by atoms with van der Waals surface area (Å²) in [6.45, 7) is 24.0. The van der Waals surface area contributed by atoms with Crippen LogP contribution in [0.3, 0.4) is 0 Å². The number of β-amino-alcohol motifs (C(OH)–C–C–N with tert-alkyl or cyclic N) is 1. The van der Waals surface area contributed by atoms with Gasteiger partial charge >= 0.3 is 0 Å². The number of hydrogen-bond donors (Lipinski definition) is 2. The summed E-state index contributed by atoms with van der Waals surface area (Å²) in [5.74, 6) is 1.30. The van der Waals surface area contributed by atoms with Gasteiger partial charge in [-0.3, -0.25) is 19.4 Å². The van der Waals surface area contributed by atoms with E-state index in [9.17, 15) is 9.90 Å². The number of amides is 1. The predicted octanol–water partition coefficient (Wildman–Crippen LogP) is 6.65. The van der Waals surface area contributed by atoms with Crippen molar-refractivity contribution in [2.45, 2.75) is 86.8 Å². The van der Waals surface area contributed by atoms with Crippen LogP contribution >= 0.6 is 11.9 Å². The number of aryl methyl sites for hydroxylation is 2. The van der Waals surface area contributed by atoms with E-state index in [0.717, 1.165) is 38.9 Å². The van der Waals surface area contributed by atoms with Crippen molar-refractivity contribution in [3.63, 3.8) is 0 Å². The van der Waals surface area contributed by atoms with Gasteiger partial charge in [-0.1, -0.05) is 70.2 Å². The van der Waals surface area contributed by atoms with Crippen molar-refractivity contribution >= 4 is 30.0 Å². The molecule has 0 saturated carbocycles. The van der Waals surface area contributed by atoms with Crippen LogP contribution in [0.1, 0.15) is 70.6 Å². The zero-order chi connectivity index (χ0) is 31.5. The van der Waals surface area contributed by atoms with Crippen molar-refractivity contribution in [1.29, 1.82) is 0 Å². The number of aliphatic hydroxyl groups excluding tert-OH is 1. The van der Waals surface area contributed by atoms with Crippen LogP contribution in [0.2, 0.25) is 0 Å². The third-order valence-electron chi connectivity index (χ3n) is 7.61. The molecule has 0 radical (unpaired) electrons. The number of carbonyl (C=O) groups excluding carboxylic acids is 1. The van der Waals surface area contributed by atoms with Crippen LogP contribution in [0.5, 0.6) is 0 Å². The maximum absolute atomic E-state index is 13.0. The molecule has 2 aliphatic heterocycles. The van der Waals surface area contributed by atoms with Crippen molar-refractivity contribution < 1.29 is 9.90 Å². The topological polar surface area (TPSA) is 80.5 Å². The Morgan fingerprint density at radius 1 is 1.19 bits per heavy atom. The largest absolute Gasteiger partial charge is 0.390 e. The van der Waals surface area contributed by atoms with Crippen LogP contribution < -0.4 is 4.72 Å². The summed E-state index contributed by atoms with van der Waals surface area (Å²) in [6, 6.07) is 6.54. The Morgan fingerprint density at radius 3 is 2.38 bits per heavy atom. The van der Waals surface area contributed by atoms with Crippen molar-refractivity contribution in [3.05, 3.63) is 70.7 Å². The number of carbonyl (C=O) groups is 1. The van der Waals surface area contributed by atoms with Gasteiger partial charge in [0.05, 0.1) is 6.10 Å². The Labute approximate surface area is 260 Å². The lowest BCUT2D eigenvalue weighted by atomic mass is 9.97. The first kappa shape index (κ1) is 37.3. The molecule has 3 atom stereocenters. The number of allylic oxidation sites excluding steroid dienone is 2. The van der Waals surface area contributed by atoms with E-state index in [1.807, 2.05) is 43.2 Å². The van der Waals surface area contributed by atoms with Crippen LogP contribution in [-0.2, 0) is 4.79 Å². The van der Waals surface area contributed by atoms with Crippen molar-refractivity contribution in [2.24, 2.45) is 15.9 Å². The minimum absolute atomic E-state index is 0.0379. The van der Waals surface area contributed by atoms with Gasteiger partial charge in [0.25, 0.3) is 5.91 Å². The van der Waals surface area contributed by atoms with E-state index in [0.29, 0.717) is 30.5 Å². The van der Waals surface area contributed by atoms with E-state index in [1.54, 1.807) is 5.41 Å². The normalized spacial score (nSPS) is 20.0. The molecule has 1 aromatic rings. The first-order chi connectivity index (χ1) is 20.1. The molecule has 1 saturated heterocycles. The highest BCUT2D eigenvalue weighted by Crippen LogP contribution is 2.21. The fraction of sp³-hybridized carbons (Fsp3) is 0.559. The predicted molar refractivity (Wildman–Crippen MR) is 183 cm³/mol. The van der Waals surface area contributed by atoms with Crippen molar-refractivity contribution in [2.75, 3.05) is 32.7 Å². The maximum atomic E-state index is 13.0. The fourth-order valence-corrected chi connectivity index (χ4v) is 4.96. The van der Waals surface area contributed by atoms with Crippen LogP contribution in [0.15, 0.2) is 64.0 Å². The van der Waals surface area contributed by atoms with Crippen LogP contribution in [0, 0.1) is 26.7 Å². The summed E-state index contributed by atoms with van der Waals surface area (Å²) in [5.41, 5.74) is 4.89. The summed E-state index contributed by atoms with van der Waals surface area (Å²) in [6.07, 6.45) is 10.0. The molecule has 0 aliphatic carbocycles. The van der Waals surface area contributed by atoms with Gasteiger partial charge in [-0.05, 0) is 87.5 Å². The van der Waals surface area contributed by atoms with Gasteiger partial charge in [0.15, 0.2) is 0 Å². The number of guanidine groups is 1. The average molecular weight is 598 g/mol. The number of aliphatic imine (C=N–C) groups is 2. The highest BCUT2D eigenvalue weighted by Gasteiger charge is 2.32. The third-order valence-corrected chi connectivity index (χ3v) is 8.08. The van der Waals surface area contributed by atoms with E-state index in [-0.39, 0.29) is 11.9 Å². The van der Waals surface area contributed by atoms with Crippen LogP contribution in [-0.4, -0.2) is 77.9 Å². The summed E-state index contributed by atoms with van der Waals surface area (Å²) in [4.78, 5) is 25.3. The number of benzene rings is 1. The van der Waals surface area contributed by atoms with Crippen LogP contribution in [0.25, 0.3) is 0 Å². The molecular formula is C34H55N5O2S. The number of nitrogens with zero attached hydrogens (tertiary/aromatic N) is 4. The van der Waals surface area contributed by atoms with Gasteiger partial charge < -0.3 is 10.0 Å². The number of likely N-dealkylation sites (N-methyl/N-ethyl adjacent to an activating group) is 1. The van der Waals surface area contributed by atoms with Gasteiger partial charge in [-0.15, -0.1) is 0 Å². The molecule has 0 aromatic heterocycles. The number of nitrogens with one attached hydrogen (secondary N) is 1. The summed E-state index contributed by atoms with van der Waals surface area (Å²) in [7, 11) is 0. The number of aliphatic hydroxyl groups is 1. The monoisotopic (exact) mass is 597 g/mol. The van der Waals surface area contributed by atoms with E-state index >= 15 is 0 Å². The molecule has 1 amide bonds. The standard InChI is InChI=1S/C19H34N2O2.C9H12.C6H9N3S/c1-6-10-16(8-3)19(23)21-14-18(22)13-20(9-4)12-17(21)11-15(5)7-2;1-7-5-4-6-8(2)9(7)3;1-2-10-9-6-7-4-3-5-8-6/h6,8,10,15,17-18,22H,7,9,11-14H2,1-5H3;4-6H,1-3H3;2,4H,1,3,5H2,(H,8,9)/b10-6-,16-8+;;/t15?,17?,18-;;/m1../s1. The van der Waals surface area contributed by atoms with Crippen LogP contribution in [0.4, 0.5) is 0 Å². The lowest BCUT2D eigenvalue weighted by Crippen LogP contribution is -2.46. The Hall–Kier alpha value is -2.68. The molecule has 2 aliphatic rings. The van der Waals surface area contributed by atoms with Gasteiger partial charge in [-0.2, -0.15) is 0 Å². The smallest absolute Gasteiger partial charge is 0.253 e. The minimum atomic E-state index is -0.482. The molecule has 1 fully saturated rings. The molecule has 7 nitrogen and oxygen atoms in total. The fourth-order valence-electron chi connectivity index (χ4n) is 4.65. The van der Waals surface area contributed by atoms with Gasteiger partial charge in [0, 0.05) is 50.4 Å². The molecule has 1 aromatic carbocycles. The third kappa shape index (κ3) is 13.5. The molecular weight excluding hydrogens is 542 g/mol. The molecule has 0 spiro atoms. The highest BCUT2D eigenvalue weighted by molar-refractivity contribution is 8.00. The Kier molecular flexibility index (Phi) is 18.7. The van der Waals surface area contributed by atoms with E-state index < -0.39 is 6.10 Å². The Bertz CT molecular complexity index is 1060. The zero-order valence-electron chi connectivity index (χ0n) is 27.3. The zero-order valence-corrected chi connectivity index (χ0v) is 28.1. The summed E-state index contributed by atoms with van der Waals surface area (Å²) in [5, 5.41) is 12.0. The Morgan fingerprint density at radius 2 is 1.88 bits per heavy atom. The maximum Gasteiger partial charge on any atom is 0.253 e. The van der Waals surface area contributed by atoms with Crippen molar-refractivity contribution in [1.82, 2.24) is 14.5 Å². The second kappa shape index (κ2) is 21.1. The molecule has 2 N–H and O–H groups in total. The van der Waals surface area contributed by atoms with Gasteiger partial charge in [0.2, 0.25) is 5.96 Å². The second-order valence-corrected chi connectivity index (χ2v) is 11.6. The minimum Gasteiger partial charge on any atom is -0.390 e. The molecule has 2 unspecified atom stereocenters. The molecule has 42 heavy (non-hydrogen) atoms. The van der Waals surface area contributed by atoms with Gasteiger partial charge in [0.1, 0.15) is 0 Å². The van der Waals surface area contributed by atoms with E-state index in [1.165, 1.54) is 28.6 Å². The molecule has 2 heterocycles. The second-order valence-electron chi connectivity index (χ2n) is 10.8. The first-order valence-electron chi connectivity index (χ1n) is 15.2. The number of rotatable bonds is 8. The summed E-state index contributed by atoms with van der Waals surface area (Å²) >= 11 is 1.38. The lowest BCUT2D eigenvalue weighted by molar-refractivity contribution is -0.130. The molecule has 0 bridgehead atoms. The Balaban J connectivity index is 0.000000377. The summed E-state index contributed by atoms with van der Waals surface area (Å²) < 4.78 is 2.92. The highest BCUT2D eigenvalue weighted by atomic mass is 32.2. The van der Waals surface area contributed by atoms with E-state index in [2.05, 4.69) is 85.9 Å². The molecule has 234 valence electrons.